The number of carbonyl (C=O) groups is 7. The molecule has 2 saturated heterocycles. The average molecular weight is 637 g/mol. The predicted molar refractivity (Wildman–Crippen MR) is 135 cm³/mol. The third kappa shape index (κ3) is 10.4. The fourth-order valence-electron chi connectivity index (χ4n) is 4.54. The molecule has 0 amide bonds. The summed E-state index contributed by atoms with van der Waals surface area (Å²) in [6.45, 7) is 5.81. The minimum absolute atomic E-state index is 0.569. The highest BCUT2D eigenvalue weighted by Crippen LogP contribution is 2.35. The maximum absolute atomic E-state index is 12.2. The second-order valence-corrected chi connectivity index (χ2v) is 9.65. The molecule has 0 saturated carbocycles. The van der Waals surface area contributed by atoms with Crippen LogP contribution in [-0.2, 0) is 80.9 Å². The lowest BCUT2D eigenvalue weighted by Crippen LogP contribution is -2.67. The van der Waals surface area contributed by atoms with E-state index < -0.39 is 116 Å². The third-order valence-corrected chi connectivity index (χ3v) is 5.90. The van der Waals surface area contributed by atoms with Crippen molar-refractivity contribution < 1.29 is 86.0 Å². The second kappa shape index (κ2) is 16.3. The molecule has 44 heavy (non-hydrogen) atoms. The molecular weight excluding hydrogens is 600 g/mol. The van der Waals surface area contributed by atoms with Gasteiger partial charge in [0.1, 0.15) is 24.9 Å². The first-order valence-electron chi connectivity index (χ1n) is 13.3. The van der Waals surface area contributed by atoms with Gasteiger partial charge in [0, 0.05) is 48.5 Å². The highest BCUT2D eigenvalue weighted by molar-refractivity contribution is 5.69. The van der Waals surface area contributed by atoms with Gasteiger partial charge in [-0.1, -0.05) is 0 Å². The van der Waals surface area contributed by atoms with Crippen LogP contribution < -0.4 is 0 Å². The molecule has 0 aromatic rings. The number of rotatable bonds is 11. The van der Waals surface area contributed by atoms with Crippen LogP contribution in [-0.4, -0.2) is 122 Å². The van der Waals surface area contributed by atoms with E-state index in [1.807, 2.05) is 0 Å². The second-order valence-electron chi connectivity index (χ2n) is 9.65. The van der Waals surface area contributed by atoms with Crippen LogP contribution in [0.5, 0.6) is 0 Å². The van der Waals surface area contributed by atoms with E-state index in [1.54, 1.807) is 0 Å². The molecule has 0 radical (unpaired) electrons. The van der Waals surface area contributed by atoms with E-state index in [9.17, 15) is 38.7 Å². The monoisotopic (exact) mass is 636 g/mol. The third-order valence-electron chi connectivity index (χ3n) is 5.90. The Labute approximate surface area is 251 Å². The van der Waals surface area contributed by atoms with Crippen molar-refractivity contribution in [3.05, 3.63) is 0 Å². The zero-order valence-electron chi connectivity index (χ0n) is 25.1. The summed E-state index contributed by atoms with van der Waals surface area (Å²) in [5.74, 6) is -6.13. The molecule has 1 unspecified atom stereocenters. The first-order valence-corrected chi connectivity index (χ1v) is 13.3. The van der Waals surface area contributed by atoms with Crippen LogP contribution in [0.1, 0.15) is 48.5 Å². The molecule has 18 nitrogen and oxygen atoms in total. The molecule has 0 bridgehead atoms. The lowest BCUT2D eigenvalue weighted by Gasteiger charge is -2.48. The van der Waals surface area contributed by atoms with Gasteiger partial charge in [0.05, 0.1) is 6.61 Å². The number of hydrogen-bond acceptors (Lipinski definition) is 18. The van der Waals surface area contributed by atoms with Crippen molar-refractivity contribution in [3.63, 3.8) is 0 Å². The van der Waals surface area contributed by atoms with Crippen molar-refractivity contribution >= 4 is 41.8 Å². The molecular formula is C26H36O18. The van der Waals surface area contributed by atoms with Crippen LogP contribution in [0.3, 0.4) is 0 Å². The summed E-state index contributed by atoms with van der Waals surface area (Å²) in [7, 11) is 0. The SMILES string of the molecule is CC(=O)OC[C@H]1O[C@@H](O[C@H]2[C@H](OC(C)=O)[C@@H](OC(C)=O)C(OC(C)=O)O[C@@H]2CO)[C@H](OC(C)=O)[C@@H](OC(C)=O)[C@H]1OC(C)=O. The normalized spacial score (nSPS) is 31.5. The number of hydrogen-bond donors (Lipinski definition) is 1. The minimum Gasteiger partial charge on any atom is -0.463 e. The molecule has 18 heteroatoms. The van der Waals surface area contributed by atoms with Gasteiger partial charge < -0.3 is 52.5 Å². The van der Waals surface area contributed by atoms with Crippen molar-refractivity contribution in [1.82, 2.24) is 0 Å². The van der Waals surface area contributed by atoms with Gasteiger partial charge in [0.25, 0.3) is 0 Å². The van der Waals surface area contributed by atoms with E-state index in [0.717, 1.165) is 48.5 Å². The van der Waals surface area contributed by atoms with Gasteiger partial charge in [0.2, 0.25) is 12.4 Å². The molecule has 0 aliphatic carbocycles. The van der Waals surface area contributed by atoms with Gasteiger partial charge in [0.15, 0.2) is 30.7 Å². The lowest BCUT2D eigenvalue weighted by molar-refractivity contribution is -0.357. The van der Waals surface area contributed by atoms with Crippen molar-refractivity contribution in [3.8, 4) is 0 Å². The Balaban J connectivity index is 2.65. The molecule has 2 fully saturated rings. The van der Waals surface area contributed by atoms with Crippen molar-refractivity contribution in [2.45, 2.75) is 110 Å². The molecule has 0 aromatic heterocycles. The van der Waals surface area contributed by atoms with Crippen LogP contribution in [0, 0.1) is 0 Å². The standard InChI is InChI=1S/C26H36O18/c1-10(28)35-9-18-20(36-11(2)29)22(38-13(4)31)24(40-15(6)33)26(43-18)44-19-17(8-27)42-25(41-16(7)34)23(39-14(5)32)21(19)37-12(3)30/h17-27H,8-9H2,1-7H3/t17-,18-,19-,20+,21+,22+,23-,24-,25?,26+/m1/s1. The summed E-state index contributed by atoms with van der Waals surface area (Å²) < 4.78 is 54.4. The van der Waals surface area contributed by atoms with Gasteiger partial charge in [-0.25, -0.2) is 0 Å². The zero-order chi connectivity index (χ0) is 33.3. The molecule has 1 N–H and O–H groups in total. The average Bonchev–Trinajstić information content (AvgIpc) is 2.87. The lowest BCUT2D eigenvalue weighted by atomic mass is 9.96. The summed E-state index contributed by atoms with van der Waals surface area (Å²) in [5.41, 5.74) is 0. The molecule has 0 aromatic carbocycles. The Kier molecular flexibility index (Phi) is 13.4. The van der Waals surface area contributed by atoms with Crippen LogP contribution in [0.4, 0.5) is 0 Å². The summed E-state index contributed by atoms with van der Waals surface area (Å²) >= 11 is 0. The Bertz CT molecular complexity index is 1090. The number of esters is 7. The predicted octanol–water partition coefficient (Wildman–Crippen LogP) is -1.40. The molecule has 2 aliphatic rings. The Hall–Kier alpha value is -3.87. The van der Waals surface area contributed by atoms with Gasteiger partial charge in [-0.3, -0.25) is 33.6 Å². The quantitative estimate of drug-likeness (QED) is 0.203. The van der Waals surface area contributed by atoms with Crippen molar-refractivity contribution in [2.24, 2.45) is 0 Å². The Morgan fingerprint density at radius 1 is 0.477 bits per heavy atom. The first kappa shape index (κ1) is 36.3. The van der Waals surface area contributed by atoms with Gasteiger partial charge >= 0.3 is 41.8 Å². The molecule has 248 valence electrons. The highest BCUT2D eigenvalue weighted by atomic mass is 16.8. The van der Waals surface area contributed by atoms with Crippen LogP contribution in [0.25, 0.3) is 0 Å². The Morgan fingerprint density at radius 3 is 1.30 bits per heavy atom. The van der Waals surface area contributed by atoms with E-state index in [0.29, 0.717) is 0 Å². The van der Waals surface area contributed by atoms with Crippen LogP contribution >= 0.6 is 0 Å². The molecule has 2 rings (SSSR count). The van der Waals surface area contributed by atoms with Crippen molar-refractivity contribution in [2.75, 3.05) is 13.2 Å². The zero-order valence-corrected chi connectivity index (χ0v) is 25.1. The summed E-state index contributed by atoms with van der Waals surface area (Å²) in [6, 6.07) is 0. The first-order chi connectivity index (χ1) is 20.5. The van der Waals surface area contributed by atoms with Gasteiger partial charge in [-0.2, -0.15) is 0 Å². The van der Waals surface area contributed by atoms with E-state index in [-0.39, 0.29) is 0 Å². The van der Waals surface area contributed by atoms with E-state index >= 15 is 0 Å². The van der Waals surface area contributed by atoms with Crippen molar-refractivity contribution in [1.29, 1.82) is 0 Å². The maximum Gasteiger partial charge on any atom is 0.305 e. The molecule has 2 aliphatic heterocycles. The number of carbonyl (C=O) groups excluding carboxylic acids is 7. The van der Waals surface area contributed by atoms with Gasteiger partial charge in [-0.15, -0.1) is 0 Å². The van der Waals surface area contributed by atoms with E-state index in [4.69, 9.17) is 47.4 Å². The molecule has 2 heterocycles. The largest absolute Gasteiger partial charge is 0.463 e. The summed E-state index contributed by atoms with van der Waals surface area (Å²) in [6.07, 6.45) is -16.0. The topological polar surface area (TPSA) is 232 Å². The van der Waals surface area contributed by atoms with E-state index in [1.165, 1.54) is 0 Å². The minimum atomic E-state index is -1.79. The summed E-state index contributed by atoms with van der Waals surface area (Å²) in [5, 5.41) is 10.2. The van der Waals surface area contributed by atoms with E-state index in [2.05, 4.69) is 0 Å². The number of aliphatic hydroxyl groups excluding tert-OH is 1. The molecule has 10 atom stereocenters. The number of ether oxygens (including phenoxy) is 10. The van der Waals surface area contributed by atoms with Gasteiger partial charge in [-0.05, 0) is 0 Å². The Morgan fingerprint density at radius 2 is 0.864 bits per heavy atom. The fraction of sp³-hybridized carbons (Fsp3) is 0.731. The molecule has 0 spiro atoms. The fourth-order valence-corrected chi connectivity index (χ4v) is 4.54. The van der Waals surface area contributed by atoms with Crippen LogP contribution in [0.15, 0.2) is 0 Å². The maximum atomic E-state index is 12.2. The summed E-state index contributed by atoms with van der Waals surface area (Å²) in [4.78, 5) is 83.7. The highest BCUT2D eigenvalue weighted by Gasteiger charge is 2.57. The number of aliphatic hydroxyl groups is 1. The van der Waals surface area contributed by atoms with Crippen LogP contribution in [0.2, 0.25) is 0 Å². The smallest absolute Gasteiger partial charge is 0.305 e.